The molecular formula is C15H21ClFNO. The van der Waals surface area contributed by atoms with Crippen LogP contribution < -0.4 is 10.1 Å². The van der Waals surface area contributed by atoms with Crippen molar-refractivity contribution in [1.82, 2.24) is 5.32 Å². The van der Waals surface area contributed by atoms with Gasteiger partial charge in [-0.2, -0.15) is 0 Å². The van der Waals surface area contributed by atoms with Crippen LogP contribution in [0.1, 0.15) is 39.0 Å². The van der Waals surface area contributed by atoms with Gasteiger partial charge in [0.05, 0.1) is 5.02 Å². The zero-order valence-electron chi connectivity index (χ0n) is 11.3. The number of ether oxygens (including phenoxy) is 1. The van der Waals surface area contributed by atoms with Crippen molar-refractivity contribution in [2.24, 2.45) is 0 Å². The number of nitrogens with one attached hydrogen (secondary N) is 1. The maximum Gasteiger partial charge on any atom is 0.142 e. The SMILES string of the molecule is CCCNCCC1(Oc2ccc(F)c(Cl)c2)CCC1. The van der Waals surface area contributed by atoms with Gasteiger partial charge in [-0.15, -0.1) is 0 Å². The molecule has 2 nitrogen and oxygen atoms in total. The molecule has 0 atom stereocenters. The van der Waals surface area contributed by atoms with Gasteiger partial charge in [0, 0.05) is 6.07 Å². The van der Waals surface area contributed by atoms with Gasteiger partial charge in [-0.3, -0.25) is 0 Å². The van der Waals surface area contributed by atoms with Crippen molar-refractivity contribution in [2.75, 3.05) is 13.1 Å². The van der Waals surface area contributed by atoms with Crippen LogP contribution in [0.5, 0.6) is 5.75 Å². The first-order valence-electron chi connectivity index (χ1n) is 7.00. The predicted molar refractivity (Wildman–Crippen MR) is 76.4 cm³/mol. The van der Waals surface area contributed by atoms with Crippen molar-refractivity contribution in [3.63, 3.8) is 0 Å². The highest BCUT2D eigenvalue weighted by Gasteiger charge is 2.38. The lowest BCUT2D eigenvalue weighted by Crippen LogP contribution is -2.45. The molecule has 0 spiro atoms. The molecule has 1 aliphatic carbocycles. The van der Waals surface area contributed by atoms with Crippen molar-refractivity contribution in [3.05, 3.63) is 29.0 Å². The molecule has 0 bridgehead atoms. The molecule has 1 aliphatic rings. The summed E-state index contributed by atoms with van der Waals surface area (Å²) in [6.45, 7) is 4.16. The minimum absolute atomic E-state index is 0.0814. The van der Waals surface area contributed by atoms with E-state index in [1.54, 1.807) is 12.1 Å². The fraction of sp³-hybridized carbons (Fsp3) is 0.600. The van der Waals surface area contributed by atoms with Crippen LogP contribution in [0.4, 0.5) is 4.39 Å². The Morgan fingerprint density at radius 1 is 1.37 bits per heavy atom. The van der Waals surface area contributed by atoms with Gasteiger partial charge in [0.1, 0.15) is 17.2 Å². The summed E-state index contributed by atoms with van der Waals surface area (Å²) in [6, 6.07) is 4.58. The van der Waals surface area contributed by atoms with Crippen LogP contribution in [0.15, 0.2) is 18.2 Å². The molecule has 0 heterocycles. The second-order valence-electron chi connectivity index (χ2n) is 5.21. The maximum absolute atomic E-state index is 13.1. The second-order valence-corrected chi connectivity index (χ2v) is 5.62. The zero-order valence-corrected chi connectivity index (χ0v) is 12.1. The number of benzene rings is 1. The Morgan fingerprint density at radius 3 is 2.74 bits per heavy atom. The summed E-state index contributed by atoms with van der Waals surface area (Å²) in [5.41, 5.74) is -0.0814. The Morgan fingerprint density at radius 2 is 2.16 bits per heavy atom. The highest BCUT2D eigenvalue weighted by Crippen LogP contribution is 2.39. The summed E-state index contributed by atoms with van der Waals surface area (Å²) < 4.78 is 19.2. The molecule has 1 aromatic carbocycles. The Bertz CT molecular complexity index is 421. The molecule has 0 aliphatic heterocycles. The molecule has 2 rings (SSSR count). The molecule has 1 N–H and O–H groups in total. The molecule has 0 saturated heterocycles. The van der Waals surface area contributed by atoms with E-state index in [1.165, 1.54) is 12.5 Å². The third kappa shape index (κ3) is 3.83. The van der Waals surface area contributed by atoms with Crippen LogP contribution in [0.2, 0.25) is 5.02 Å². The molecule has 0 radical (unpaired) electrons. The predicted octanol–water partition coefficient (Wildman–Crippen LogP) is 4.17. The normalized spacial score (nSPS) is 17.0. The number of hydrogen-bond acceptors (Lipinski definition) is 2. The minimum atomic E-state index is -0.402. The molecule has 106 valence electrons. The standard InChI is InChI=1S/C15H21ClFNO/c1-2-9-18-10-8-15(6-3-7-15)19-12-4-5-14(17)13(16)11-12/h4-5,11,18H,2-3,6-10H2,1H3. The van der Waals surface area contributed by atoms with Gasteiger partial charge in [0.15, 0.2) is 0 Å². The van der Waals surface area contributed by atoms with E-state index in [-0.39, 0.29) is 10.6 Å². The Labute approximate surface area is 119 Å². The zero-order chi connectivity index (χ0) is 13.7. The molecular weight excluding hydrogens is 265 g/mol. The van der Waals surface area contributed by atoms with Gasteiger partial charge in [-0.25, -0.2) is 4.39 Å². The van der Waals surface area contributed by atoms with Crippen molar-refractivity contribution >= 4 is 11.6 Å². The van der Waals surface area contributed by atoms with E-state index >= 15 is 0 Å². The largest absolute Gasteiger partial charge is 0.487 e. The molecule has 0 aromatic heterocycles. The third-order valence-electron chi connectivity index (χ3n) is 3.67. The monoisotopic (exact) mass is 285 g/mol. The van der Waals surface area contributed by atoms with Crippen LogP contribution >= 0.6 is 11.6 Å². The third-order valence-corrected chi connectivity index (χ3v) is 3.96. The van der Waals surface area contributed by atoms with Gasteiger partial charge < -0.3 is 10.1 Å². The lowest BCUT2D eigenvalue weighted by molar-refractivity contribution is -0.0142. The molecule has 1 saturated carbocycles. The Hall–Kier alpha value is -0.800. The van der Waals surface area contributed by atoms with E-state index in [0.29, 0.717) is 5.75 Å². The van der Waals surface area contributed by atoms with E-state index in [0.717, 1.165) is 38.8 Å². The summed E-state index contributed by atoms with van der Waals surface area (Å²) in [5.74, 6) is 0.267. The summed E-state index contributed by atoms with van der Waals surface area (Å²) >= 11 is 5.78. The van der Waals surface area contributed by atoms with E-state index < -0.39 is 5.82 Å². The smallest absolute Gasteiger partial charge is 0.142 e. The average molecular weight is 286 g/mol. The van der Waals surface area contributed by atoms with Gasteiger partial charge in [0.25, 0.3) is 0 Å². The summed E-state index contributed by atoms with van der Waals surface area (Å²) in [6.07, 6.45) is 5.46. The van der Waals surface area contributed by atoms with Crippen molar-refractivity contribution in [2.45, 2.75) is 44.6 Å². The summed E-state index contributed by atoms with van der Waals surface area (Å²) in [4.78, 5) is 0. The van der Waals surface area contributed by atoms with Crippen molar-refractivity contribution in [3.8, 4) is 5.75 Å². The molecule has 1 fully saturated rings. The first-order valence-corrected chi connectivity index (χ1v) is 7.38. The molecule has 0 unspecified atom stereocenters. The van der Waals surface area contributed by atoms with E-state index in [4.69, 9.17) is 16.3 Å². The van der Waals surface area contributed by atoms with Crippen molar-refractivity contribution in [1.29, 1.82) is 0 Å². The average Bonchev–Trinajstić information content (AvgIpc) is 2.35. The number of hydrogen-bond donors (Lipinski definition) is 1. The first kappa shape index (κ1) is 14.6. The van der Waals surface area contributed by atoms with E-state index in [9.17, 15) is 4.39 Å². The Balaban J connectivity index is 1.92. The Kier molecular flexibility index (Phi) is 5.06. The fourth-order valence-electron chi connectivity index (χ4n) is 2.38. The fourth-order valence-corrected chi connectivity index (χ4v) is 2.55. The summed E-state index contributed by atoms with van der Waals surface area (Å²) in [7, 11) is 0. The second kappa shape index (κ2) is 6.58. The summed E-state index contributed by atoms with van der Waals surface area (Å²) in [5, 5.41) is 3.52. The van der Waals surface area contributed by atoms with Crippen LogP contribution in [0.3, 0.4) is 0 Å². The lowest BCUT2D eigenvalue weighted by Gasteiger charge is -2.42. The van der Waals surface area contributed by atoms with Crippen LogP contribution in [0, 0.1) is 5.82 Å². The van der Waals surface area contributed by atoms with Gasteiger partial charge in [-0.1, -0.05) is 18.5 Å². The highest BCUT2D eigenvalue weighted by atomic mass is 35.5. The minimum Gasteiger partial charge on any atom is -0.487 e. The van der Waals surface area contributed by atoms with Gasteiger partial charge in [-0.05, 0) is 57.3 Å². The van der Waals surface area contributed by atoms with Crippen LogP contribution in [-0.2, 0) is 0 Å². The topological polar surface area (TPSA) is 21.3 Å². The van der Waals surface area contributed by atoms with E-state index in [1.807, 2.05) is 0 Å². The van der Waals surface area contributed by atoms with E-state index in [2.05, 4.69) is 12.2 Å². The number of halogens is 2. The number of rotatable bonds is 7. The molecule has 19 heavy (non-hydrogen) atoms. The van der Waals surface area contributed by atoms with Gasteiger partial charge >= 0.3 is 0 Å². The highest BCUT2D eigenvalue weighted by molar-refractivity contribution is 6.30. The molecule has 4 heteroatoms. The lowest BCUT2D eigenvalue weighted by atomic mass is 9.77. The maximum atomic E-state index is 13.1. The van der Waals surface area contributed by atoms with Crippen molar-refractivity contribution < 1.29 is 9.13 Å². The first-order chi connectivity index (χ1) is 9.15. The van der Waals surface area contributed by atoms with Crippen LogP contribution in [0.25, 0.3) is 0 Å². The quantitative estimate of drug-likeness (QED) is 0.759. The molecule has 0 amide bonds. The van der Waals surface area contributed by atoms with Gasteiger partial charge in [0.2, 0.25) is 0 Å². The molecule has 1 aromatic rings. The van der Waals surface area contributed by atoms with Crippen LogP contribution in [-0.4, -0.2) is 18.7 Å².